The van der Waals surface area contributed by atoms with Crippen molar-refractivity contribution < 1.29 is 9.90 Å². The molecule has 1 unspecified atom stereocenters. The Morgan fingerprint density at radius 1 is 1.60 bits per heavy atom. The molecule has 1 atom stereocenters. The summed E-state index contributed by atoms with van der Waals surface area (Å²) < 4.78 is 0.929. The molecule has 0 aliphatic heterocycles. The Labute approximate surface area is 90.4 Å². The van der Waals surface area contributed by atoms with Gasteiger partial charge in [-0.05, 0) is 24.6 Å². The van der Waals surface area contributed by atoms with Crippen molar-refractivity contribution in [1.82, 2.24) is 4.98 Å². The number of nitrogen functional groups attached to an aromatic ring is 1. The minimum Gasteiger partial charge on any atom is -0.481 e. The van der Waals surface area contributed by atoms with E-state index in [0.717, 1.165) is 15.8 Å². The van der Waals surface area contributed by atoms with Gasteiger partial charge in [0.2, 0.25) is 0 Å². The highest BCUT2D eigenvalue weighted by atomic mass is 32.1. The molecule has 0 fully saturated rings. The number of aromatic nitrogens is 1. The molecule has 1 heterocycles. The lowest BCUT2D eigenvalue weighted by atomic mass is 10.0. The summed E-state index contributed by atoms with van der Waals surface area (Å²) in [6, 6.07) is 5.42. The standard InChI is InChI=1S/C10H10N2O2S/c1-5(9(13)14)6-2-3-7-8(4-6)15-10(11)12-7/h2-5H,1H3,(H2,11,12)(H,13,14). The first-order valence-electron chi connectivity index (χ1n) is 4.46. The van der Waals surface area contributed by atoms with Crippen molar-refractivity contribution in [3.05, 3.63) is 23.8 Å². The summed E-state index contributed by atoms with van der Waals surface area (Å²) in [5.74, 6) is -1.33. The average molecular weight is 222 g/mol. The second-order valence-electron chi connectivity index (χ2n) is 3.34. The second-order valence-corrected chi connectivity index (χ2v) is 4.40. The summed E-state index contributed by atoms with van der Waals surface area (Å²) in [5, 5.41) is 9.38. The highest BCUT2D eigenvalue weighted by Gasteiger charge is 2.14. The molecule has 2 rings (SSSR count). The summed E-state index contributed by atoms with van der Waals surface area (Å²) in [4.78, 5) is 14.9. The maximum Gasteiger partial charge on any atom is 0.310 e. The van der Waals surface area contributed by atoms with Crippen LogP contribution < -0.4 is 5.73 Å². The fourth-order valence-electron chi connectivity index (χ4n) is 1.37. The molecular weight excluding hydrogens is 212 g/mol. The van der Waals surface area contributed by atoms with Crippen LogP contribution in [0, 0.1) is 0 Å². The smallest absolute Gasteiger partial charge is 0.310 e. The van der Waals surface area contributed by atoms with Crippen molar-refractivity contribution in [2.24, 2.45) is 0 Å². The molecule has 4 nitrogen and oxygen atoms in total. The third-order valence-electron chi connectivity index (χ3n) is 2.30. The van der Waals surface area contributed by atoms with Gasteiger partial charge in [-0.1, -0.05) is 17.4 Å². The van der Waals surface area contributed by atoms with Crippen LogP contribution in [-0.2, 0) is 4.79 Å². The van der Waals surface area contributed by atoms with E-state index in [1.54, 1.807) is 19.1 Å². The van der Waals surface area contributed by atoms with Crippen molar-refractivity contribution in [3.63, 3.8) is 0 Å². The van der Waals surface area contributed by atoms with Crippen molar-refractivity contribution in [1.29, 1.82) is 0 Å². The van der Waals surface area contributed by atoms with Crippen LogP contribution in [-0.4, -0.2) is 16.1 Å². The number of hydrogen-bond acceptors (Lipinski definition) is 4. The van der Waals surface area contributed by atoms with Crippen molar-refractivity contribution in [3.8, 4) is 0 Å². The van der Waals surface area contributed by atoms with Gasteiger partial charge in [0.05, 0.1) is 16.1 Å². The van der Waals surface area contributed by atoms with Crippen molar-refractivity contribution in [2.75, 3.05) is 5.73 Å². The fraction of sp³-hybridized carbons (Fsp3) is 0.200. The summed E-state index contributed by atoms with van der Waals surface area (Å²) >= 11 is 1.37. The lowest BCUT2D eigenvalue weighted by molar-refractivity contribution is -0.138. The first kappa shape index (κ1) is 9.92. The Balaban J connectivity index is 2.50. The number of thiazole rings is 1. The molecule has 5 heteroatoms. The highest BCUT2D eigenvalue weighted by molar-refractivity contribution is 7.22. The quantitative estimate of drug-likeness (QED) is 0.815. The van der Waals surface area contributed by atoms with Crippen LogP contribution in [0.3, 0.4) is 0 Å². The number of nitrogens with zero attached hydrogens (tertiary/aromatic N) is 1. The van der Waals surface area contributed by atoms with Gasteiger partial charge < -0.3 is 10.8 Å². The summed E-state index contributed by atoms with van der Waals surface area (Å²) in [7, 11) is 0. The Kier molecular flexibility index (Phi) is 2.32. The molecule has 1 aromatic carbocycles. The lowest BCUT2D eigenvalue weighted by Crippen LogP contribution is -2.06. The average Bonchev–Trinajstić information content (AvgIpc) is 2.55. The number of hydrogen-bond donors (Lipinski definition) is 2. The van der Waals surface area contributed by atoms with Crippen LogP contribution in [0.5, 0.6) is 0 Å². The van der Waals surface area contributed by atoms with Gasteiger partial charge in [-0.2, -0.15) is 0 Å². The Morgan fingerprint density at radius 3 is 3.00 bits per heavy atom. The molecule has 0 saturated carbocycles. The van der Waals surface area contributed by atoms with E-state index in [-0.39, 0.29) is 0 Å². The van der Waals surface area contributed by atoms with Crippen LogP contribution in [0.15, 0.2) is 18.2 Å². The molecule has 0 amide bonds. The van der Waals surface area contributed by atoms with E-state index < -0.39 is 11.9 Å². The molecule has 0 spiro atoms. The molecular formula is C10H10N2O2S. The zero-order valence-electron chi connectivity index (χ0n) is 8.10. The zero-order valence-corrected chi connectivity index (χ0v) is 8.91. The van der Waals surface area contributed by atoms with Crippen LogP contribution in [0.1, 0.15) is 18.4 Å². The third-order valence-corrected chi connectivity index (χ3v) is 3.15. The van der Waals surface area contributed by atoms with Gasteiger partial charge in [0.15, 0.2) is 5.13 Å². The molecule has 78 valence electrons. The van der Waals surface area contributed by atoms with Gasteiger partial charge in [0.25, 0.3) is 0 Å². The third kappa shape index (κ3) is 1.78. The van der Waals surface area contributed by atoms with Crippen molar-refractivity contribution in [2.45, 2.75) is 12.8 Å². The predicted molar refractivity (Wildman–Crippen MR) is 60.1 cm³/mol. The van der Waals surface area contributed by atoms with Gasteiger partial charge >= 0.3 is 5.97 Å². The minimum atomic E-state index is -0.827. The van der Waals surface area contributed by atoms with Gasteiger partial charge in [-0.25, -0.2) is 4.98 Å². The van der Waals surface area contributed by atoms with Gasteiger partial charge in [0.1, 0.15) is 0 Å². The molecule has 0 bridgehead atoms. The molecule has 3 N–H and O–H groups in total. The number of carboxylic acids is 1. The monoisotopic (exact) mass is 222 g/mol. The van der Waals surface area contributed by atoms with Crippen LogP contribution in [0.25, 0.3) is 10.2 Å². The number of fused-ring (bicyclic) bond motifs is 1. The topological polar surface area (TPSA) is 76.2 Å². The molecule has 0 aliphatic rings. The Hall–Kier alpha value is -1.62. The van der Waals surface area contributed by atoms with Crippen molar-refractivity contribution >= 4 is 32.7 Å². The Morgan fingerprint density at radius 2 is 2.33 bits per heavy atom. The summed E-state index contributed by atoms with van der Waals surface area (Å²) in [6.45, 7) is 1.66. The van der Waals surface area contributed by atoms with Crippen LogP contribution >= 0.6 is 11.3 Å². The van der Waals surface area contributed by atoms with E-state index in [0.29, 0.717) is 5.13 Å². The molecule has 1 aromatic heterocycles. The highest BCUT2D eigenvalue weighted by Crippen LogP contribution is 2.27. The van der Waals surface area contributed by atoms with E-state index >= 15 is 0 Å². The predicted octanol–water partition coefficient (Wildman–Crippen LogP) is 2.07. The van der Waals surface area contributed by atoms with E-state index in [4.69, 9.17) is 10.8 Å². The number of benzene rings is 1. The van der Waals surface area contributed by atoms with E-state index in [9.17, 15) is 4.79 Å². The van der Waals surface area contributed by atoms with E-state index in [2.05, 4.69) is 4.98 Å². The van der Waals surface area contributed by atoms with Crippen LogP contribution in [0.4, 0.5) is 5.13 Å². The fourth-order valence-corrected chi connectivity index (χ4v) is 2.15. The van der Waals surface area contributed by atoms with Gasteiger partial charge in [0, 0.05) is 0 Å². The summed E-state index contributed by atoms with van der Waals surface area (Å²) in [5.41, 5.74) is 7.16. The SMILES string of the molecule is CC(C(=O)O)c1ccc2nc(N)sc2c1. The molecule has 15 heavy (non-hydrogen) atoms. The van der Waals surface area contributed by atoms with Crippen LogP contribution in [0.2, 0.25) is 0 Å². The maximum atomic E-state index is 10.8. The van der Waals surface area contributed by atoms with Gasteiger partial charge in [-0.15, -0.1) is 0 Å². The largest absolute Gasteiger partial charge is 0.481 e. The normalized spacial score (nSPS) is 12.9. The molecule has 0 aliphatic carbocycles. The van der Waals surface area contributed by atoms with E-state index in [1.165, 1.54) is 11.3 Å². The van der Waals surface area contributed by atoms with Gasteiger partial charge in [-0.3, -0.25) is 4.79 Å². The molecule has 0 radical (unpaired) electrons. The number of anilines is 1. The van der Waals surface area contributed by atoms with E-state index in [1.807, 2.05) is 6.07 Å². The lowest BCUT2D eigenvalue weighted by Gasteiger charge is -2.05. The number of carboxylic acid groups (broad SMARTS) is 1. The zero-order chi connectivity index (χ0) is 11.0. The molecule has 2 aromatic rings. The molecule has 0 saturated heterocycles. The number of carbonyl (C=O) groups is 1. The summed E-state index contributed by atoms with van der Waals surface area (Å²) in [6.07, 6.45) is 0. The maximum absolute atomic E-state index is 10.8. The number of rotatable bonds is 2. The second kappa shape index (κ2) is 3.51. The Bertz CT molecular complexity index is 521. The number of aliphatic carboxylic acids is 1. The first-order valence-corrected chi connectivity index (χ1v) is 5.28. The first-order chi connectivity index (χ1) is 7.08. The number of nitrogens with two attached hydrogens (primary N) is 1. The minimum absolute atomic E-state index is 0.502.